The number of rotatable bonds is 5. The number of benzene rings is 2. The molecule has 1 fully saturated rings. The Labute approximate surface area is 142 Å². The third-order valence-corrected chi connectivity index (χ3v) is 4.86. The fourth-order valence-corrected chi connectivity index (χ4v) is 3.20. The fraction of sp³-hybridized carbons (Fsp3) is 0.300. The molecular formula is C20H22N2O2. The molecule has 1 saturated carbocycles. The Morgan fingerprint density at radius 3 is 2.21 bits per heavy atom. The largest absolute Gasteiger partial charge is 0.355 e. The van der Waals surface area contributed by atoms with Crippen molar-refractivity contribution in [3.63, 3.8) is 0 Å². The average molecular weight is 322 g/mol. The molecule has 24 heavy (non-hydrogen) atoms. The summed E-state index contributed by atoms with van der Waals surface area (Å²) in [5.41, 5.74) is 2.33. The molecule has 2 amide bonds. The Hall–Kier alpha value is -2.62. The van der Waals surface area contributed by atoms with E-state index in [2.05, 4.69) is 10.6 Å². The minimum Gasteiger partial charge on any atom is -0.355 e. The zero-order valence-electron chi connectivity index (χ0n) is 13.8. The van der Waals surface area contributed by atoms with E-state index in [-0.39, 0.29) is 17.2 Å². The van der Waals surface area contributed by atoms with Crippen LogP contribution in [-0.4, -0.2) is 18.9 Å². The maximum atomic E-state index is 12.8. The van der Waals surface area contributed by atoms with Crippen LogP contribution in [0.25, 0.3) is 0 Å². The van der Waals surface area contributed by atoms with E-state index in [1.54, 1.807) is 19.2 Å². The second-order valence-electron chi connectivity index (χ2n) is 6.26. The van der Waals surface area contributed by atoms with Gasteiger partial charge >= 0.3 is 0 Å². The Morgan fingerprint density at radius 2 is 1.67 bits per heavy atom. The molecule has 1 aliphatic rings. The maximum absolute atomic E-state index is 12.8. The molecule has 4 heteroatoms. The van der Waals surface area contributed by atoms with Gasteiger partial charge in [0.2, 0.25) is 5.91 Å². The molecule has 0 unspecified atom stereocenters. The van der Waals surface area contributed by atoms with Crippen LogP contribution in [0, 0.1) is 0 Å². The molecule has 0 spiro atoms. The maximum Gasteiger partial charge on any atom is 0.251 e. The molecular weight excluding hydrogens is 300 g/mol. The first kappa shape index (κ1) is 16.2. The van der Waals surface area contributed by atoms with Gasteiger partial charge in [0.1, 0.15) is 0 Å². The van der Waals surface area contributed by atoms with E-state index in [1.165, 1.54) is 0 Å². The van der Waals surface area contributed by atoms with E-state index in [9.17, 15) is 9.59 Å². The Kier molecular flexibility index (Phi) is 4.65. The highest BCUT2D eigenvalue weighted by Crippen LogP contribution is 2.43. The predicted molar refractivity (Wildman–Crippen MR) is 93.6 cm³/mol. The zero-order chi connectivity index (χ0) is 17.0. The summed E-state index contributed by atoms with van der Waals surface area (Å²) < 4.78 is 0. The van der Waals surface area contributed by atoms with Crippen molar-refractivity contribution >= 4 is 11.8 Å². The quantitative estimate of drug-likeness (QED) is 0.889. The van der Waals surface area contributed by atoms with Gasteiger partial charge in [-0.25, -0.2) is 0 Å². The SMILES string of the molecule is CNC(=O)c1ccc(CNC(=O)C2(c3ccccc3)CCC2)cc1. The summed E-state index contributed by atoms with van der Waals surface area (Å²) in [5, 5.41) is 5.66. The molecule has 3 rings (SSSR count). The molecule has 124 valence electrons. The van der Waals surface area contributed by atoms with Gasteiger partial charge < -0.3 is 10.6 Å². The Morgan fingerprint density at radius 1 is 1.00 bits per heavy atom. The summed E-state index contributed by atoms with van der Waals surface area (Å²) >= 11 is 0. The van der Waals surface area contributed by atoms with E-state index >= 15 is 0 Å². The van der Waals surface area contributed by atoms with Crippen molar-refractivity contribution in [3.05, 3.63) is 71.3 Å². The van der Waals surface area contributed by atoms with Gasteiger partial charge in [-0.15, -0.1) is 0 Å². The van der Waals surface area contributed by atoms with Crippen LogP contribution in [0.3, 0.4) is 0 Å². The van der Waals surface area contributed by atoms with Crippen LogP contribution >= 0.6 is 0 Å². The number of carbonyl (C=O) groups is 2. The molecule has 0 atom stereocenters. The van der Waals surface area contributed by atoms with Crippen molar-refractivity contribution < 1.29 is 9.59 Å². The average Bonchev–Trinajstić information content (AvgIpc) is 2.60. The van der Waals surface area contributed by atoms with Gasteiger partial charge in [-0.2, -0.15) is 0 Å². The first-order valence-corrected chi connectivity index (χ1v) is 8.30. The summed E-state index contributed by atoms with van der Waals surface area (Å²) in [6.45, 7) is 0.474. The molecule has 2 aromatic rings. The van der Waals surface area contributed by atoms with E-state index in [1.807, 2.05) is 42.5 Å². The molecule has 0 saturated heterocycles. The van der Waals surface area contributed by atoms with Crippen molar-refractivity contribution in [3.8, 4) is 0 Å². The van der Waals surface area contributed by atoms with Crippen LogP contribution in [0.4, 0.5) is 0 Å². The zero-order valence-corrected chi connectivity index (χ0v) is 13.8. The summed E-state index contributed by atoms with van der Waals surface area (Å²) in [6, 6.07) is 17.3. The van der Waals surface area contributed by atoms with E-state index in [4.69, 9.17) is 0 Å². The molecule has 2 aromatic carbocycles. The Bertz CT molecular complexity index is 719. The highest BCUT2D eigenvalue weighted by molar-refractivity contribution is 5.94. The van der Waals surface area contributed by atoms with Crippen LogP contribution in [0.1, 0.15) is 40.7 Å². The van der Waals surface area contributed by atoms with Crippen LogP contribution < -0.4 is 10.6 Å². The highest BCUT2D eigenvalue weighted by atomic mass is 16.2. The standard InChI is InChI=1S/C20H22N2O2/c1-21-18(23)16-10-8-15(9-11-16)14-22-19(24)20(12-5-13-20)17-6-3-2-4-7-17/h2-4,6-11H,5,12-14H2,1H3,(H,21,23)(H,22,24). The normalized spacial score (nSPS) is 15.2. The third kappa shape index (κ3) is 3.04. The van der Waals surface area contributed by atoms with Gasteiger partial charge in [0.15, 0.2) is 0 Å². The number of hydrogen-bond donors (Lipinski definition) is 2. The molecule has 4 nitrogen and oxygen atoms in total. The first-order valence-electron chi connectivity index (χ1n) is 8.30. The molecule has 1 aliphatic carbocycles. The lowest BCUT2D eigenvalue weighted by Crippen LogP contribution is -2.48. The number of carbonyl (C=O) groups excluding carboxylic acids is 2. The third-order valence-electron chi connectivity index (χ3n) is 4.86. The highest BCUT2D eigenvalue weighted by Gasteiger charge is 2.45. The number of hydrogen-bond acceptors (Lipinski definition) is 2. The minimum atomic E-state index is -0.372. The van der Waals surface area contributed by atoms with Crippen molar-refractivity contribution in [2.24, 2.45) is 0 Å². The van der Waals surface area contributed by atoms with Crippen LogP contribution in [0.15, 0.2) is 54.6 Å². The topological polar surface area (TPSA) is 58.2 Å². The Balaban J connectivity index is 1.66. The summed E-state index contributed by atoms with van der Waals surface area (Å²) in [4.78, 5) is 24.3. The predicted octanol–water partition coefficient (Wildman–Crippen LogP) is 2.78. The summed E-state index contributed by atoms with van der Waals surface area (Å²) in [6.07, 6.45) is 2.89. The van der Waals surface area contributed by atoms with Crippen molar-refractivity contribution in [1.29, 1.82) is 0 Å². The van der Waals surface area contributed by atoms with Crippen molar-refractivity contribution in [1.82, 2.24) is 10.6 Å². The molecule has 0 radical (unpaired) electrons. The van der Waals surface area contributed by atoms with Crippen molar-refractivity contribution in [2.75, 3.05) is 7.05 Å². The molecule has 0 bridgehead atoms. The molecule has 0 aliphatic heterocycles. The van der Waals surface area contributed by atoms with Gasteiger partial charge in [0.05, 0.1) is 5.41 Å². The van der Waals surface area contributed by atoms with Crippen LogP contribution in [0.2, 0.25) is 0 Å². The first-order chi connectivity index (χ1) is 11.7. The minimum absolute atomic E-state index is 0.0929. The smallest absolute Gasteiger partial charge is 0.251 e. The van der Waals surface area contributed by atoms with Gasteiger partial charge in [0, 0.05) is 19.2 Å². The van der Waals surface area contributed by atoms with Gasteiger partial charge in [-0.3, -0.25) is 9.59 Å². The van der Waals surface area contributed by atoms with Crippen LogP contribution in [0.5, 0.6) is 0 Å². The second kappa shape index (κ2) is 6.87. The number of amides is 2. The monoisotopic (exact) mass is 322 g/mol. The summed E-state index contributed by atoms with van der Waals surface area (Å²) in [5.74, 6) is -0.0154. The van der Waals surface area contributed by atoms with Gasteiger partial charge in [0.25, 0.3) is 5.91 Å². The lowest BCUT2D eigenvalue weighted by Gasteiger charge is -2.40. The van der Waals surface area contributed by atoms with Crippen molar-refractivity contribution in [2.45, 2.75) is 31.2 Å². The van der Waals surface area contributed by atoms with E-state index in [0.29, 0.717) is 12.1 Å². The molecule has 2 N–H and O–H groups in total. The van der Waals surface area contributed by atoms with Gasteiger partial charge in [-0.05, 0) is 36.1 Å². The van der Waals surface area contributed by atoms with Crippen LogP contribution in [-0.2, 0) is 16.8 Å². The lowest BCUT2D eigenvalue weighted by molar-refractivity contribution is -0.130. The van der Waals surface area contributed by atoms with E-state index in [0.717, 1.165) is 30.4 Å². The molecule has 0 aromatic heterocycles. The van der Waals surface area contributed by atoms with E-state index < -0.39 is 0 Å². The molecule has 0 heterocycles. The number of nitrogens with one attached hydrogen (secondary N) is 2. The fourth-order valence-electron chi connectivity index (χ4n) is 3.20. The van der Waals surface area contributed by atoms with Gasteiger partial charge in [-0.1, -0.05) is 48.9 Å². The summed E-state index contributed by atoms with van der Waals surface area (Å²) in [7, 11) is 1.61. The second-order valence-corrected chi connectivity index (χ2v) is 6.26. The lowest BCUT2D eigenvalue weighted by atomic mass is 9.64.